The van der Waals surface area contributed by atoms with Crippen LogP contribution in [0.2, 0.25) is 0 Å². The van der Waals surface area contributed by atoms with Crippen molar-refractivity contribution in [2.24, 2.45) is 0 Å². The van der Waals surface area contributed by atoms with Crippen LogP contribution in [0.4, 0.5) is 0 Å². The average Bonchev–Trinajstić information content (AvgIpc) is 2.38. The fraction of sp³-hybridized carbons (Fsp3) is 0.250. The third-order valence-corrected chi connectivity index (χ3v) is 2.22. The fourth-order valence-corrected chi connectivity index (χ4v) is 1.38. The molecule has 1 atom stereocenters. The first-order valence-electron chi connectivity index (χ1n) is 4.86. The van der Waals surface area contributed by atoms with E-state index in [1.54, 1.807) is 30.3 Å². The van der Waals surface area contributed by atoms with Gasteiger partial charge in [0.15, 0.2) is 5.92 Å². The molecule has 1 aromatic carbocycles. The third kappa shape index (κ3) is 2.90. The van der Waals surface area contributed by atoms with E-state index in [0.717, 1.165) is 14.2 Å². The molecule has 0 amide bonds. The number of carbonyl (C=O) groups is 3. The summed E-state index contributed by atoms with van der Waals surface area (Å²) < 4.78 is 8.83. The highest BCUT2D eigenvalue weighted by Gasteiger charge is 2.34. The van der Waals surface area contributed by atoms with Gasteiger partial charge in [-0.3, -0.25) is 9.59 Å². The van der Waals surface area contributed by atoms with E-state index >= 15 is 0 Å². The molecule has 90 valence electrons. The number of benzene rings is 1. The molecule has 1 unspecified atom stereocenters. The van der Waals surface area contributed by atoms with Crippen molar-refractivity contribution < 1.29 is 23.9 Å². The second kappa shape index (κ2) is 5.79. The van der Waals surface area contributed by atoms with E-state index in [4.69, 9.17) is 0 Å². The van der Waals surface area contributed by atoms with Crippen LogP contribution < -0.4 is 0 Å². The van der Waals surface area contributed by atoms with Crippen molar-refractivity contribution in [3.8, 4) is 0 Å². The van der Waals surface area contributed by atoms with Crippen LogP contribution in [-0.4, -0.2) is 31.9 Å². The first-order valence-corrected chi connectivity index (χ1v) is 4.86. The van der Waals surface area contributed by atoms with Crippen molar-refractivity contribution in [2.45, 2.75) is 5.92 Å². The van der Waals surface area contributed by atoms with Gasteiger partial charge in [-0.15, -0.1) is 0 Å². The molecule has 0 fully saturated rings. The molecule has 1 rings (SSSR count). The Hall–Kier alpha value is -2.17. The Labute approximate surface area is 98.3 Å². The molecule has 0 N–H and O–H groups in total. The molecule has 0 spiro atoms. The van der Waals surface area contributed by atoms with Gasteiger partial charge in [0, 0.05) is 0 Å². The summed E-state index contributed by atoms with van der Waals surface area (Å²) in [6, 6.07) is 8.21. The minimum Gasteiger partial charge on any atom is -0.468 e. The van der Waals surface area contributed by atoms with Gasteiger partial charge in [-0.1, -0.05) is 30.3 Å². The molecule has 0 aliphatic rings. The summed E-state index contributed by atoms with van der Waals surface area (Å²) in [6.45, 7) is 0. The van der Waals surface area contributed by atoms with Crippen LogP contribution >= 0.6 is 0 Å². The van der Waals surface area contributed by atoms with Gasteiger partial charge >= 0.3 is 11.9 Å². The number of hydrogen-bond acceptors (Lipinski definition) is 5. The minimum absolute atomic E-state index is 0.398. The molecule has 0 bridgehead atoms. The summed E-state index contributed by atoms with van der Waals surface area (Å²) in [6.07, 6.45) is 0. The van der Waals surface area contributed by atoms with Gasteiger partial charge < -0.3 is 9.47 Å². The van der Waals surface area contributed by atoms with Crippen LogP contribution in [0.3, 0.4) is 0 Å². The molecular formula is C12H12O5. The topological polar surface area (TPSA) is 69.7 Å². The normalized spacial score (nSPS) is 11.4. The van der Waals surface area contributed by atoms with E-state index in [1.165, 1.54) is 0 Å². The van der Waals surface area contributed by atoms with Crippen LogP contribution in [-0.2, 0) is 23.9 Å². The summed E-state index contributed by atoms with van der Waals surface area (Å²) in [5.41, 5.74) is 0.398. The second-order valence-electron chi connectivity index (χ2n) is 3.22. The first-order chi connectivity index (χ1) is 8.11. The number of rotatable bonds is 4. The second-order valence-corrected chi connectivity index (χ2v) is 3.22. The van der Waals surface area contributed by atoms with Crippen molar-refractivity contribution >= 4 is 17.7 Å². The molecule has 0 aliphatic heterocycles. The van der Waals surface area contributed by atoms with Gasteiger partial charge in [-0.25, -0.2) is 4.79 Å². The highest BCUT2D eigenvalue weighted by atomic mass is 16.5. The Morgan fingerprint density at radius 3 is 2.06 bits per heavy atom. The fourth-order valence-electron chi connectivity index (χ4n) is 1.38. The summed E-state index contributed by atoms with van der Waals surface area (Å²) in [7, 11) is 2.24. The van der Waals surface area contributed by atoms with Crippen molar-refractivity contribution in [3.05, 3.63) is 35.9 Å². The maximum absolute atomic E-state index is 11.7. The van der Waals surface area contributed by atoms with Gasteiger partial charge in [-0.05, 0) is 5.56 Å². The number of hydrogen-bond donors (Lipinski definition) is 0. The molecular weight excluding hydrogens is 224 g/mol. The first kappa shape index (κ1) is 12.9. The number of Topliss-reactive ketones (excluding diaryl/α,β-unsaturated/α-hetero) is 1. The number of ketones is 1. The van der Waals surface area contributed by atoms with E-state index in [2.05, 4.69) is 9.47 Å². The molecule has 5 nitrogen and oxygen atoms in total. The monoisotopic (exact) mass is 236 g/mol. The SMILES string of the molecule is COC(=O)C(=O)C(C(=O)OC)c1ccccc1. The summed E-state index contributed by atoms with van der Waals surface area (Å²) in [5.74, 6) is -4.06. The van der Waals surface area contributed by atoms with Crippen molar-refractivity contribution in [1.29, 1.82) is 0 Å². The quantitative estimate of drug-likeness (QED) is 0.437. The Balaban J connectivity index is 3.09. The molecule has 0 saturated carbocycles. The zero-order valence-electron chi connectivity index (χ0n) is 9.51. The lowest BCUT2D eigenvalue weighted by Gasteiger charge is -2.12. The Bertz CT molecular complexity index is 424. The zero-order valence-corrected chi connectivity index (χ0v) is 9.51. The number of carbonyl (C=O) groups excluding carboxylic acids is 3. The maximum atomic E-state index is 11.7. The maximum Gasteiger partial charge on any atom is 0.375 e. The summed E-state index contributed by atoms with van der Waals surface area (Å²) in [4.78, 5) is 34.4. The van der Waals surface area contributed by atoms with Gasteiger partial charge in [0.1, 0.15) is 0 Å². The van der Waals surface area contributed by atoms with Crippen LogP contribution in [0.15, 0.2) is 30.3 Å². The van der Waals surface area contributed by atoms with E-state index in [1.807, 2.05) is 0 Å². The van der Waals surface area contributed by atoms with Crippen LogP contribution in [0.25, 0.3) is 0 Å². The van der Waals surface area contributed by atoms with Gasteiger partial charge in [-0.2, -0.15) is 0 Å². The highest BCUT2D eigenvalue weighted by Crippen LogP contribution is 2.18. The third-order valence-electron chi connectivity index (χ3n) is 2.22. The number of esters is 2. The lowest BCUT2D eigenvalue weighted by Crippen LogP contribution is -2.30. The molecule has 0 heterocycles. The molecule has 0 saturated heterocycles. The van der Waals surface area contributed by atoms with E-state index < -0.39 is 23.6 Å². The van der Waals surface area contributed by atoms with Gasteiger partial charge in [0.2, 0.25) is 0 Å². The Morgan fingerprint density at radius 2 is 1.59 bits per heavy atom. The van der Waals surface area contributed by atoms with Crippen LogP contribution in [0.5, 0.6) is 0 Å². The highest BCUT2D eigenvalue weighted by molar-refractivity contribution is 6.39. The predicted octanol–water partition coefficient (Wildman–Crippen LogP) is 0.685. The molecule has 5 heteroatoms. The molecule has 1 aromatic rings. The molecule has 0 aliphatic carbocycles. The van der Waals surface area contributed by atoms with E-state index in [-0.39, 0.29) is 0 Å². The Morgan fingerprint density at radius 1 is 1.00 bits per heavy atom. The predicted molar refractivity (Wildman–Crippen MR) is 58.2 cm³/mol. The summed E-state index contributed by atoms with van der Waals surface area (Å²) in [5, 5.41) is 0. The van der Waals surface area contributed by atoms with Crippen molar-refractivity contribution in [2.75, 3.05) is 14.2 Å². The molecule has 0 radical (unpaired) electrons. The molecule has 17 heavy (non-hydrogen) atoms. The largest absolute Gasteiger partial charge is 0.468 e. The lowest BCUT2D eigenvalue weighted by molar-refractivity contribution is -0.157. The lowest BCUT2D eigenvalue weighted by atomic mass is 9.95. The van der Waals surface area contributed by atoms with Crippen molar-refractivity contribution in [1.82, 2.24) is 0 Å². The zero-order chi connectivity index (χ0) is 12.8. The molecule has 0 aromatic heterocycles. The van der Waals surface area contributed by atoms with Gasteiger partial charge in [0.25, 0.3) is 5.78 Å². The van der Waals surface area contributed by atoms with Crippen LogP contribution in [0, 0.1) is 0 Å². The number of ether oxygens (including phenoxy) is 2. The van der Waals surface area contributed by atoms with Crippen LogP contribution in [0.1, 0.15) is 11.5 Å². The van der Waals surface area contributed by atoms with Crippen molar-refractivity contribution in [3.63, 3.8) is 0 Å². The Kier molecular flexibility index (Phi) is 4.39. The van der Waals surface area contributed by atoms with E-state index in [9.17, 15) is 14.4 Å². The average molecular weight is 236 g/mol. The van der Waals surface area contributed by atoms with Gasteiger partial charge in [0.05, 0.1) is 14.2 Å². The number of methoxy groups -OCH3 is 2. The summed E-state index contributed by atoms with van der Waals surface area (Å²) >= 11 is 0. The smallest absolute Gasteiger partial charge is 0.375 e. The minimum atomic E-state index is -1.27. The standard InChI is InChI=1S/C12H12O5/c1-16-11(14)9(10(13)12(15)17-2)8-6-4-3-5-7-8/h3-7,9H,1-2H3. The van der Waals surface area contributed by atoms with E-state index in [0.29, 0.717) is 5.56 Å².